The Balaban J connectivity index is 2.91. The van der Waals surface area contributed by atoms with Gasteiger partial charge in [0, 0.05) is 13.0 Å². The topological polar surface area (TPSA) is 132 Å². The molecule has 0 radical (unpaired) electrons. The van der Waals surface area contributed by atoms with Crippen LogP contribution in [0.25, 0.3) is 0 Å². The van der Waals surface area contributed by atoms with E-state index < -0.39 is 41.4 Å². The molecule has 0 saturated heterocycles. The van der Waals surface area contributed by atoms with E-state index in [1.807, 2.05) is 20.8 Å². The van der Waals surface area contributed by atoms with Crippen molar-refractivity contribution >= 4 is 24.4 Å². The molecular formula is C26H41N3O7. The smallest absolute Gasteiger partial charge is 0.408 e. The van der Waals surface area contributed by atoms with Gasteiger partial charge >= 0.3 is 12.2 Å². The van der Waals surface area contributed by atoms with Gasteiger partial charge in [0.1, 0.15) is 40.9 Å². The van der Waals surface area contributed by atoms with Gasteiger partial charge in [0.05, 0.1) is 0 Å². The molecule has 0 spiro atoms. The number of ether oxygens (including phenoxy) is 3. The molecule has 0 saturated carbocycles. The molecule has 0 fully saturated rings. The van der Waals surface area contributed by atoms with Crippen LogP contribution in [0.1, 0.15) is 67.9 Å². The molecule has 1 rings (SSSR count). The van der Waals surface area contributed by atoms with Gasteiger partial charge in [-0.05, 0) is 80.0 Å². The quantitative estimate of drug-likeness (QED) is 0.436. The molecule has 0 aliphatic carbocycles. The minimum atomic E-state index is -1.01. The molecular weight excluding hydrogens is 466 g/mol. The third-order valence-corrected chi connectivity index (χ3v) is 4.16. The van der Waals surface area contributed by atoms with E-state index in [-0.39, 0.29) is 18.6 Å². The summed E-state index contributed by atoms with van der Waals surface area (Å²) in [6.07, 6.45) is -0.885. The third-order valence-electron chi connectivity index (χ3n) is 4.16. The zero-order chi connectivity index (χ0) is 27.7. The van der Waals surface area contributed by atoms with E-state index >= 15 is 0 Å². The van der Waals surface area contributed by atoms with Crippen molar-refractivity contribution in [1.29, 1.82) is 0 Å². The fourth-order valence-electron chi connectivity index (χ4n) is 2.87. The molecule has 0 unspecified atom stereocenters. The maximum Gasteiger partial charge on any atom is 0.408 e. The average molecular weight is 508 g/mol. The summed E-state index contributed by atoms with van der Waals surface area (Å²) < 4.78 is 16.3. The molecule has 10 heteroatoms. The Morgan fingerprint density at radius 1 is 0.806 bits per heavy atom. The van der Waals surface area contributed by atoms with E-state index in [1.54, 1.807) is 65.8 Å². The summed E-state index contributed by atoms with van der Waals surface area (Å²) in [6.45, 7) is 15.9. The predicted molar refractivity (Wildman–Crippen MR) is 136 cm³/mol. The highest BCUT2D eigenvalue weighted by Crippen LogP contribution is 2.19. The van der Waals surface area contributed by atoms with E-state index in [2.05, 4.69) is 16.0 Å². The standard InChI is InChI=1S/C26H41N3O7/c1-24(2,3)34-19-12-10-17(11-13-19)14-20(29-23(33)36-26(7,8)9)21(31)27-15-18(16-30)28-22(32)35-25(4,5)6/h10-13,16,18,20H,14-15H2,1-9H3,(H,27,31)(H,28,32)(H,29,33)/t18-,20-/m0/s1. The number of alkyl carbamates (subject to hydrolysis) is 2. The molecule has 202 valence electrons. The molecule has 0 aliphatic rings. The van der Waals surface area contributed by atoms with Crippen LogP contribution in [0.5, 0.6) is 5.75 Å². The van der Waals surface area contributed by atoms with Crippen LogP contribution in [-0.4, -0.2) is 59.8 Å². The van der Waals surface area contributed by atoms with Gasteiger partial charge in [-0.3, -0.25) is 4.79 Å². The first-order chi connectivity index (χ1) is 16.4. The first-order valence-corrected chi connectivity index (χ1v) is 11.9. The zero-order valence-corrected chi connectivity index (χ0v) is 22.8. The van der Waals surface area contributed by atoms with E-state index in [0.717, 1.165) is 5.56 Å². The van der Waals surface area contributed by atoms with E-state index in [4.69, 9.17) is 14.2 Å². The highest BCUT2D eigenvalue weighted by molar-refractivity contribution is 5.86. The van der Waals surface area contributed by atoms with Crippen molar-refractivity contribution in [2.45, 2.75) is 97.6 Å². The summed E-state index contributed by atoms with van der Waals surface area (Å²) in [4.78, 5) is 48.7. The molecule has 1 aromatic carbocycles. The zero-order valence-electron chi connectivity index (χ0n) is 22.8. The molecule has 0 aromatic heterocycles. The van der Waals surface area contributed by atoms with Crippen LogP contribution in [0.2, 0.25) is 0 Å². The van der Waals surface area contributed by atoms with Gasteiger partial charge in [0.2, 0.25) is 5.91 Å². The van der Waals surface area contributed by atoms with Crippen molar-refractivity contribution in [1.82, 2.24) is 16.0 Å². The summed E-state index contributed by atoms with van der Waals surface area (Å²) in [5, 5.41) is 7.57. The van der Waals surface area contributed by atoms with Crippen LogP contribution in [0.4, 0.5) is 9.59 Å². The lowest BCUT2D eigenvalue weighted by molar-refractivity contribution is -0.123. The largest absolute Gasteiger partial charge is 0.488 e. The SMILES string of the molecule is CC(C)(C)OC(=O)N[C@H](C=O)CNC(=O)[C@H](Cc1ccc(OC(C)(C)C)cc1)NC(=O)OC(C)(C)C. The maximum atomic E-state index is 13.0. The number of carbonyl (C=O) groups is 4. The minimum Gasteiger partial charge on any atom is -0.488 e. The van der Waals surface area contributed by atoms with Crippen molar-refractivity contribution in [3.05, 3.63) is 29.8 Å². The number of nitrogens with one attached hydrogen (secondary N) is 3. The number of rotatable bonds is 9. The van der Waals surface area contributed by atoms with E-state index in [0.29, 0.717) is 12.0 Å². The molecule has 0 bridgehead atoms. The molecule has 10 nitrogen and oxygen atoms in total. The van der Waals surface area contributed by atoms with Crippen molar-refractivity contribution in [3.8, 4) is 5.75 Å². The van der Waals surface area contributed by atoms with Crippen LogP contribution in [0.15, 0.2) is 24.3 Å². The Labute approximate surface area is 213 Å². The lowest BCUT2D eigenvalue weighted by Gasteiger charge is -2.24. The fraction of sp³-hybridized carbons (Fsp3) is 0.615. The summed E-state index contributed by atoms with van der Waals surface area (Å²) in [5.41, 5.74) is -1.08. The lowest BCUT2D eigenvalue weighted by atomic mass is 10.0. The second kappa shape index (κ2) is 12.6. The van der Waals surface area contributed by atoms with Crippen LogP contribution < -0.4 is 20.7 Å². The number of carbonyl (C=O) groups excluding carboxylic acids is 4. The number of aldehydes is 1. The van der Waals surface area contributed by atoms with Gasteiger partial charge < -0.3 is 35.0 Å². The van der Waals surface area contributed by atoms with Crippen LogP contribution in [0, 0.1) is 0 Å². The fourth-order valence-corrected chi connectivity index (χ4v) is 2.87. The van der Waals surface area contributed by atoms with Crippen molar-refractivity contribution < 1.29 is 33.4 Å². The summed E-state index contributed by atoms with van der Waals surface area (Å²) in [7, 11) is 0. The van der Waals surface area contributed by atoms with Gasteiger partial charge in [-0.2, -0.15) is 0 Å². The molecule has 2 atom stereocenters. The average Bonchev–Trinajstić information content (AvgIpc) is 2.67. The monoisotopic (exact) mass is 507 g/mol. The van der Waals surface area contributed by atoms with Crippen molar-refractivity contribution in [3.63, 3.8) is 0 Å². The number of hydrogen-bond donors (Lipinski definition) is 3. The molecule has 3 N–H and O–H groups in total. The first kappa shape index (κ1) is 30.7. The van der Waals surface area contributed by atoms with E-state index in [9.17, 15) is 19.2 Å². The van der Waals surface area contributed by atoms with Crippen LogP contribution in [-0.2, 0) is 25.5 Å². The van der Waals surface area contributed by atoms with Crippen molar-refractivity contribution in [2.24, 2.45) is 0 Å². The van der Waals surface area contributed by atoms with Gasteiger partial charge in [0.25, 0.3) is 0 Å². The van der Waals surface area contributed by atoms with Crippen molar-refractivity contribution in [2.75, 3.05) is 6.54 Å². The Bertz CT molecular complexity index is 894. The number of benzene rings is 1. The third kappa shape index (κ3) is 13.6. The predicted octanol–water partition coefficient (Wildman–Crippen LogP) is 3.51. The lowest BCUT2D eigenvalue weighted by Crippen LogP contribution is -2.52. The van der Waals surface area contributed by atoms with E-state index in [1.165, 1.54) is 0 Å². The normalized spacial score (nSPS) is 13.6. The molecule has 36 heavy (non-hydrogen) atoms. The van der Waals surface area contributed by atoms with Gasteiger partial charge in [-0.1, -0.05) is 12.1 Å². The highest BCUT2D eigenvalue weighted by atomic mass is 16.6. The Hall–Kier alpha value is -3.30. The number of hydrogen-bond acceptors (Lipinski definition) is 7. The number of amides is 3. The minimum absolute atomic E-state index is 0.159. The Morgan fingerprint density at radius 2 is 1.31 bits per heavy atom. The summed E-state index contributed by atoms with van der Waals surface area (Å²) in [5.74, 6) is 0.128. The van der Waals surface area contributed by atoms with Crippen LogP contribution in [0.3, 0.4) is 0 Å². The first-order valence-electron chi connectivity index (χ1n) is 11.9. The Kier molecular flexibility index (Phi) is 10.8. The molecule has 1 aromatic rings. The highest BCUT2D eigenvalue weighted by Gasteiger charge is 2.26. The Morgan fingerprint density at radius 3 is 1.75 bits per heavy atom. The second-order valence-electron chi connectivity index (χ2n) is 11.4. The second-order valence-corrected chi connectivity index (χ2v) is 11.4. The van der Waals surface area contributed by atoms with Gasteiger partial charge in [-0.15, -0.1) is 0 Å². The summed E-state index contributed by atoms with van der Waals surface area (Å²) >= 11 is 0. The molecule has 0 aliphatic heterocycles. The molecule has 3 amide bonds. The van der Waals surface area contributed by atoms with Gasteiger partial charge in [-0.25, -0.2) is 9.59 Å². The summed E-state index contributed by atoms with van der Waals surface area (Å²) in [6, 6.07) is 5.17. The maximum absolute atomic E-state index is 13.0. The van der Waals surface area contributed by atoms with Crippen LogP contribution >= 0.6 is 0 Å². The molecule has 0 heterocycles. The van der Waals surface area contributed by atoms with Gasteiger partial charge in [0.15, 0.2) is 0 Å².